The Kier molecular flexibility index (Phi) is 9.84. The zero-order valence-electron chi connectivity index (χ0n) is 31.1. The Morgan fingerprint density at radius 2 is 0.907 bits per heavy atom. The molecule has 2 aliphatic rings. The number of hydrogen-bond donors (Lipinski definition) is 4. The van der Waals surface area contributed by atoms with E-state index in [0.29, 0.717) is 33.2 Å². The van der Waals surface area contributed by atoms with Crippen LogP contribution in [-0.2, 0) is 13.2 Å². The Morgan fingerprint density at radius 3 is 1.24 bits per heavy atom. The van der Waals surface area contributed by atoms with Gasteiger partial charge in [-0.3, -0.25) is 29.0 Å². The number of phenols is 2. The van der Waals surface area contributed by atoms with Crippen LogP contribution in [0.4, 0.5) is 0 Å². The number of rotatable bonds is 8. The minimum atomic E-state index is -0.615. The predicted molar refractivity (Wildman–Crippen MR) is 200 cm³/mol. The number of hydrogen-bond acceptors (Lipinski definition) is 8. The number of aromatic hydroxyl groups is 2. The number of nitrogens with zero attached hydrogens (tertiary/aromatic N) is 4. The number of carbonyl (C=O) groups excluding carboxylic acids is 4. The first-order valence-corrected chi connectivity index (χ1v) is 17.3. The SMILES string of the molecule is C[N+](C)(C)CCN1C(=O)c2cc(C#Cc3ccc(O)c(CO)c3)c3c4c(cc(C#Cc5ccc(O)c(CO)c5)c(c24)C1=O)C(=O)N(CC[N+](C)(C)C)C3=O. The molecule has 0 radical (unpaired) electrons. The maximum absolute atomic E-state index is 14.5. The summed E-state index contributed by atoms with van der Waals surface area (Å²) < 4.78 is 0.923. The van der Waals surface area contributed by atoms with Gasteiger partial charge in [0, 0.05) is 55.3 Å². The van der Waals surface area contributed by atoms with Crippen LogP contribution in [0.15, 0.2) is 48.5 Å². The van der Waals surface area contributed by atoms with Crippen molar-refractivity contribution in [2.45, 2.75) is 13.2 Å². The lowest BCUT2D eigenvalue weighted by Crippen LogP contribution is -2.49. The Bertz CT molecular complexity index is 2250. The van der Waals surface area contributed by atoms with Crippen LogP contribution in [0.3, 0.4) is 0 Å². The van der Waals surface area contributed by atoms with E-state index in [1.807, 2.05) is 42.3 Å². The van der Waals surface area contributed by atoms with Gasteiger partial charge in [0.2, 0.25) is 0 Å². The van der Waals surface area contributed by atoms with E-state index < -0.39 is 36.8 Å². The molecule has 0 fully saturated rings. The molecule has 276 valence electrons. The topological polar surface area (TPSA) is 156 Å². The summed E-state index contributed by atoms with van der Waals surface area (Å²) in [5.74, 6) is 9.43. The van der Waals surface area contributed by atoms with E-state index in [0.717, 1.165) is 9.80 Å². The van der Waals surface area contributed by atoms with Gasteiger partial charge in [0.05, 0.1) is 92.8 Å². The largest absolute Gasteiger partial charge is 0.508 e. The molecule has 4 aromatic carbocycles. The number of likely N-dealkylation sites (N-methyl/N-ethyl adjacent to an activating group) is 2. The van der Waals surface area contributed by atoms with Crippen molar-refractivity contribution in [2.24, 2.45) is 0 Å². The van der Waals surface area contributed by atoms with Crippen molar-refractivity contribution in [3.63, 3.8) is 0 Å². The third kappa shape index (κ3) is 7.16. The van der Waals surface area contributed by atoms with Crippen LogP contribution in [0, 0.1) is 23.7 Å². The Labute approximate surface area is 313 Å². The van der Waals surface area contributed by atoms with Crippen molar-refractivity contribution in [3.05, 3.63) is 104 Å². The van der Waals surface area contributed by atoms with Gasteiger partial charge in [-0.15, -0.1) is 0 Å². The highest BCUT2D eigenvalue weighted by Crippen LogP contribution is 2.41. The Balaban J connectivity index is 1.67. The molecule has 0 saturated carbocycles. The monoisotopic (exact) mass is 730 g/mol. The second-order valence-corrected chi connectivity index (χ2v) is 15.5. The lowest BCUT2D eigenvalue weighted by atomic mass is 9.81. The molecule has 2 heterocycles. The van der Waals surface area contributed by atoms with Crippen LogP contribution in [0.25, 0.3) is 10.8 Å². The average Bonchev–Trinajstić information content (AvgIpc) is 3.11. The molecule has 0 atom stereocenters. The summed E-state index contributed by atoms with van der Waals surface area (Å²) in [4.78, 5) is 60.0. The lowest BCUT2D eigenvalue weighted by molar-refractivity contribution is -0.869. The van der Waals surface area contributed by atoms with Gasteiger partial charge in [0.1, 0.15) is 11.5 Å². The van der Waals surface area contributed by atoms with Gasteiger partial charge in [0.15, 0.2) is 0 Å². The molecular weight excluding hydrogens is 688 g/mol. The second-order valence-electron chi connectivity index (χ2n) is 15.5. The average molecular weight is 731 g/mol. The first kappa shape index (κ1) is 37.7. The highest BCUT2D eigenvalue weighted by molar-refractivity contribution is 6.34. The Hall–Kier alpha value is -6.02. The molecular formula is C42H42N4O8+2. The van der Waals surface area contributed by atoms with Gasteiger partial charge in [0.25, 0.3) is 23.6 Å². The van der Waals surface area contributed by atoms with Gasteiger partial charge in [-0.25, -0.2) is 0 Å². The number of amides is 4. The fourth-order valence-corrected chi connectivity index (χ4v) is 6.42. The molecule has 0 saturated heterocycles. The molecule has 54 heavy (non-hydrogen) atoms. The minimum absolute atomic E-state index is 0.0747. The van der Waals surface area contributed by atoms with Gasteiger partial charge < -0.3 is 29.4 Å². The fourth-order valence-electron chi connectivity index (χ4n) is 6.42. The smallest absolute Gasteiger partial charge is 0.262 e. The summed E-state index contributed by atoms with van der Waals surface area (Å²) in [6.45, 7) is 0.170. The van der Waals surface area contributed by atoms with E-state index in [1.54, 1.807) is 12.1 Å². The summed E-state index contributed by atoms with van der Waals surface area (Å²) >= 11 is 0. The van der Waals surface area contributed by atoms with Crippen molar-refractivity contribution in [3.8, 4) is 35.2 Å². The van der Waals surface area contributed by atoms with Gasteiger partial charge in [-0.2, -0.15) is 0 Å². The molecule has 0 unspecified atom stereocenters. The Morgan fingerprint density at radius 1 is 0.537 bits per heavy atom. The normalized spacial score (nSPS) is 13.9. The van der Waals surface area contributed by atoms with Gasteiger partial charge in [-0.1, -0.05) is 23.7 Å². The maximum atomic E-state index is 14.5. The van der Waals surface area contributed by atoms with E-state index in [2.05, 4.69) is 23.7 Å². The van der Waals surface area contributed by atoms with Crippen LogP contribution in [0.5, 0.6) is 11.5 Å². The number of aliphatic hydroxyl groups is 2. The standard InChI is InChI=1S/C42H40N4O8/c1-45(2,3)17-15-43-39(51)31-21-28(12-8-26-10-14-34(50)30(20-26)24-48)36-38-32(40(52)44(42(36)54)16-18-46(4,5)6)22-27(35(37(31)38)41(43)53)11-7-25-9-13-33(49)29(19-25)23-47/h9-10,13-14,19-22,47-48H,15-18,23-24H2,1-6H3/p+2. The van der Waals surface area contributed by atoms with E-state index in [9.17, 15) is 39.6 Å². The van der Waals surface area contributed by atoms with Crippen molar-refractivity contribution in [1.29, 1.82) is 0 Å². The van der Waals surface area contributed by atoms with Crippen LogP contribution in [0.1, 0.15) is 74.8 Å². The highest BCUT2D eigenvalue weighted by Gasteiger charge is 2.43. The highest BCUT2D eigenvalue weighted by atomic mass is 16.3. The predicted octanol–water partition coefficient (Wildman–Crippen LogP) is 2.64. The van der Waals surface area contributed by atoms with Crippen molar-refractivity contribution >= 4 is 34.4 Å². The van der Waals surface area contributed by atoms with Crippen molar-refractivity contribution in [2.75, 3.05) is 68.5 Å². The third-order valence-corrected chi connectivity index (χ3v) is 9.45. The first-order valence-electron chi connectivity index (χ1n) is 17.3. The second kappa shape index (κ2) is 14.1. The van der Waals surface area contributed by atoms with Crippen LogP contribution in [0.2, 0.25) is 0 Å². The van der Waals surface area contributed by atoms with E-state index >= 15 is 0 Å². The summed E-state index contributed by atoms with van der Waals surface area (Å²) in [6, 6.07) is 11.9. The van der Waals surface area contributed by atoms with E-state index in [4.69, 9.17) is 0 Å². The van der Waals surface area contributed by atoms with Crippen LogP contribution >= 0.6 is 0 Å². The summed E-state index contributed by atoms with van der Waals surface area (Å²) in [5.41, 5.74) is 2.04. The lowest BCUT2D eigenvalue weighted by Gasteiger charge is -2.35. The zero-order valence-corrected chi connectivity index (χ0v) is 31.1. The maximum Gasteiger partial charge on any atom is 0.262 e. The van der Waals surface area contributed by atoms with Crippen LogP contribution in [-0.4, -0.2) is 131 Å². The number of quaternary nitrogens is 2. The zero-order chi connectivity index (χ0) is 39.3. The number of imide groups is 2. The molecule has 4 amide bonds. The van der Waals surface area contributed by atoms with Gasteiger partial charge >= 0.3 is 0 Å². The molecule has 0 aliphatic carbocycles. The number of carbonyl (C=O) groups is 4. The number of benzene rings is 4. The first-order chi connectivity index (χ1) is 25.4. The summed E-state index contributed by atoms with van der Waals surface area (Å²) in [6.07, 6.45) is 0. The molecule has 0 spiro atoms. The molecule has 4 N–H and O–H groups in total. The third-order valence-electron chi connectivity index (χ3n) is 9.45. The van der Waals surface area contributed by atoms with E-state index in [1.165, 1.54) is 36.4 Å². The molecule has 12 nitrogen and oxygen atoms in total. The number of aliphatic hydroxyl groups excluding tert-OH is 2. The molecule has 0 aromatic heterocycles. The molecule has 4 aromatic rings. The molecule has 2 aliphatic heterocycles. The van der Waals surface area contributed by atoms with Crippen LogP contribution < -0.4 is 0 Å². The summed E-state index contributed by atoms with van der Waals surface area (Å²) in [5, 5.41) is 39.9. The van der Waals surface area contributed by atoms with Crippen molar-refractivity contribution in [1.82, 2.24) is 9.80 Å². The molecule has 6 rings (SSSR count). The molecule has 0 bridgehead atoms. The van der Waals surface area contributed by atoms with Crippen molar-refractivity contribution < 1.29 is 48.6 Å². The fraction of sp³-hybridized carbons (Fsp3) is 0.286. The van der Waals surface area contributed by atoms with Gasteiger partial charge in [-0.05, 0) is 48.5 Å². The molecule has 12 heteroatoms. The summed E-state index contributed by atoms with van der Waals surface area (Å²) in [7, 11) is 11.6. The minimum Gasteiger partial charge on any atom is -0.508 e. The van der Waals surface area contributed by atoms with E-state index in [-0.39, 0.29) is 79.9 Å². The quantitative estimate of drug-likeness (QED) is 0.123.